The van der Waals surface area contributed by atoms with E-state index in [2.05, 4.69) is 15.6 Å². The van der Waals surface area contributed by atoms with Gasteiger partial charge >= 0.3 is 0 Å². The van der Waals surface area contributed by atoms with Crippen LogP contribution in [-0.2, 0) is 19.6 Å². The largest absolute Gasteiger partial charge is 0.273 e. The van der Waals surface area contributed by atoms with Gasteiger partial charge < -0.3 is 0 Å². The van der Waals surface area contributed by atoms with Crippen molar-refractivity contribution in [2.45, 2.75) is 49.5 Å². The summed E-state index contributed by atoms with van der Waals surface area (Å²) in [5.74, 6) is -0.263. The molecular formula is C18H27N3O4S2. The SMILES string of the molecule is CSCCC(NS(=O)(=O)c1ccccc1)C(=O)NNC(=O)C1CCCCC1. The molecule has 27 heavy (non-hydrogen) atoms. The van der Waals surface area contributed by atoms with Crippen LogP contribution in [0.4, 0.5) is 0 Å². The lowest BCUT2D eigenvalue weighted by Gasteiger charge is -2.22. The summed E-state index contributed by atoms with van der Waals surface area (Å²) in [6.07, 6.45) is 6.99. The lowest BCUT2D eigenvalue weighted by molar-refractivity contribution is -0.132. The molecule has 0 heterocycles. The van der Waals surface area contributed by atoms with Crippen molar-refractivity contribution < 1.29 is 18.0 Å². The third-order valence-electron chi connectivity index (χ3n) is 4.56. The van der Waals surface area contributed by atoms with E-state index in [1.54, 1.807) is 18.2 Å². The Morgan fingerprint density at radius 2 is 1.78 bits per heavy atom. The molecule has 0 saturated heterocycles. The first-order valence-corrected chi connectivity index (χ1v) is 12.0. The second kappa shape index (κ2) is 10.7. The highest BCUT2D eigenvalue weighted by Crippen LogP contribution is 2.23. The van der Waals surface area contributed by atoms with Crippen molar-refractivity contribution in [3.8, 4) is 0 Å². The number of hydrogen-bond donors (Lipinski definition) is 3. The van der Waals surface area contributed by atoms with Crippen LogP contribution in [0, 0.1) is 5.92 Å². The van der Waals surface area contributed by atoms with E-state index in [0.29, 0.717) is 12.2 Å². The molecule has 2 amide bonds. The van der Waals surface area contributed by atoms with Crippen LogP contribution in [0.1, 0.15) is 38.5 Å². The van der Waals surface area contributed by atoms with Crippen LogP contribution in [0.2, 0.25) is 0 Å². The number of hydrazine groups is 1. The van der Waals surface area contributed by atoms with Crippen LogP contribution in [0.15, 0.2) is 35.2 Å². The first-order chi connectivity index (χ1) is 12.9. The first-order valence-electron chi connectivity index (χ1n) is 9.10. The highest BCUT2D eigenvalue weighted by atomic mass is 32.2. The standard InChI is InChI=1S/C18H27N3O4S2/c1-26-13-12-16(21-27(24,25)15-10-6-3-7-11-15)18(23)20-19-17(22)14-8-4-2-5-9-14/h3,6-7,10-11,14,16,21H,2,4-5,8-9,12-13H2,1H3,(H,19,22)(H,20,23). The van der Waals surface area contributed by atoms with Crippen molar-refractivity contribution >= 4 is 33.6 Å². The fourth-order valence-electron chi connectivity index (χ4n) is 3.01. The number of nitrogens with one attached hydrogen (secondary N) is 3. The van der Waals surface area contributed by atoms with Gasteiger partial charge in [-0.15, -0.1) is 0 Å². The van der Waals surface area contributed by atoms with Gasteiger partial charge in [0.05, 0.1) is 4.90 Å². The predicted octanol–water partition coefficient (Wildman–Crippen LogP) is 1.81. The number of carbonyl (C=O) groups is 2. The number of benzene rings is 1. The number of carbonyl (C=O) groups excluding carboxylic acids is 2. The van der Waals surface area contributed by atoms with E-state index in [4.69, 9.17) is 0 Å². The Balaban J connectivity index is 1.97. The molecule has 1 aromatic rings. The van der Waals surface area contributed by atoms with Gasteiger partial charge in [0.1, 0.15) is 6.04 Å². The van der Waals surface area contributed by atoms with Gasteiger partial charge in [-0.1, -0.05) is 37.5 Å². The van der Waals surface area contributed by atoms with Crippen molar-refractivity contribution in [1.82, 2.24) is 15.6 Å². The maximum absolute atomic E-state index is 12.5. The molecular weight excluding hydrogens is 386 g/mol. The van der Waals surface area contributed by atoms with Gasteiger partial charge in [-0.3, -0.25) is 20.4 Å². The van der Waals surface area contributed by atoms with Gasteiger partial charge in [-0.2, -0.15) is 16.5 Å². The zero-order chi connectivity index (χ0) is 19.7. The highest BCUT2D eigenvalue weighted by Gasteiger charge is 2.27. The average Bonchev–Trinajstić information content (AvgIpc) is 2.70. The molecule has 150 valence electrons. The number of hydrogen-bond acceptors (Lipinski definition) is 5. The summed E-state index contributed by atoms with van der Waals surface area (Å²) in [5, 5.41) is 0. The summed E-state index contributed by atoms with van der Waals surface area (Å²) in [6.45, 7) is 0. The Labute approximate surface area is 165 Å². The van der Waals surface area contributed by atoms with E-state index in [1.807, 2.05) is 6.26 Å². The fraction of sp³-hybridized carbons (Fsp3) is 0.556. The van der Waals surface area contributed by atoms with Gasteiger partial charge in [0.2, 0.25) is 15.9 Å². The summed E-state index contributed by atoms with van der Waals surface area (Å²) in [4.78, 5) is 24.8. The average molecular weight is 414 g/mol. The Hall–Kier alpha value is -1.58. The van der Waals surface area contributed by atoms with Crippen LogP contribution in [0.3, 0.4) is 0 Å². The Bertz CT molecular complexity index is 719. The lowest BCUT2D eigenvalue weighted by Crippen LogP contribution is -2.53. The molecule has 2 rings (SSSR count). The van der Waals surface area contributed by atoms with Crippen molar-refractivity contribution in [2.75, 3.05) is 12.0 Å². The molecule has 1 unspecified atom stereocenters. The Morgan fingerprint density at radius 1 is 1.11 bits per heavy atom. The van der Waals surface area contributed by atoms with Gasteiger partial charge in [0.25, 0.3) is 5.91 Å². The van der Waals surface area contributed by atoms with E-state index >= 15 is 0 Å². The number of rotatable bonds is 8. The second-order valence-corrected chi connectivity index (χ2v) is 9.28. The van der Waals surface area contributed by atoms with Crippen LogP contribution < -0.4 is 15.6 Å². The molecule has 7 nitrogen and oxygen atoms in total. The third kappa shape index (κ3) is 6.82. The monoisotopic (exact) mass is 413 g/mol. The maximum Gasteiger partial charge on any atom is 0.256 e. The Kier molecular flexibility index (Phi) is 8.59. The first kappa shape index (κ1) is 21.7. The fourth-order valence-corrected chi connectivity index (χ4v) is 4.73. The molecule has 9 heteroatoms. The van der Waals surface area contributed by atoms with Gasteiger partial charge in [-0.05, 0) is 43.4 Å². The quantitative estimate of drug-likeness (QED) is 0.564. The van der Waals surface area contributed by atoms with Crippen molar-refractivity contribution in [3.63, 3.8) is 0 Å². The van der Waals surface area contributed by atoms with Gasteiger partial charge in [0.15, 0.2) is 0 Å². The number of sulfonamides is 1. The zero-order valence-electron chi connectivity index (χ0n) is 15.4. The normalized spacial score (nSPS) is 16.5. The van der Waals surface area contributed by atoms with E-state index < -0.39 is 22.0 Å². The van der Waals surface area contributed by atoms with Crippen molar-refractivity contribution in [3.05, 3.63) is 30.3 Å². The minimum absolute atomic E-state index is 0.0929. The summed E-state index contributed by atoms with van der Waals surface area (Å²) >= 11 is 1.51. The topological polar surface area (TPSA) is 104 Å². The number of thioether (sulfide) groups is 1. The third-order valence-corrected chi connectivity index (χ3v) is 6.69. The summed E-state index contributed by atoms with van der Waals surface area (Å²) < 4.78 is 27.5. The zero-order valence-corrected chi connectivity index (χ0v) is 17.1. The predicted molar refractivity (Wildman–Crippen MR) is 106 cm³/mol. The minimum Gasteiger partial charge on any atom is -0.273 e. The van der Waals surface area contributed by atoms with E-state index in [9.17, 15) is 18.0 Å². The van der Waals surface area contributed by atoms with E-state index in [1.165, 1.54) is 23.9 Å². The smallest absolute Gasteiger partial charge is 0.256 e. The summed E-state index contributed by atoms with van der Waals surface area (Å²) in [5.41, 5.74) is 4.84. The minimum atomic E-state index is -3.83. The number of amides is 2. The maximum atomic E-state index is 12.5. The van der Waals surface area contributed by atoms with Crippen LogP contribution in [0.5, 0.6) is 0 Å². The molecule has 1 saturated carbocycles. The molecule has 1 aliphatic carbocycles. The van der Waals surface area contributed by atoms with Crippen LogP contribution in [-0.4, -0.2) is 38.3 Å². The van der Waals surface area contributed by atoms with Crippen LogP contribution in [0.25, 0.3) is 0 Å². The van der Waals surface area contributed by atoms with Gasteiger partial charge in [0, 0.05) is 5.92 Å². The second-order valence-electron chi connectivity index (χ2n) is 6.58. The highest BCUT2D eigenvalue weighted by molar-refractivity contribution is 7.98. The molecule has 0 bridgehead atoms. The molecule has 0 radical (unpaired) electrons. The summed E-state index contributed by atoms with van der Waals surface area (Å²) in [6, 6.07) is 6.94. The van der Waals surface area contributed by atoms with Crippen molar-refractivity contribution in [1.29, 1.82) is 0 Å². The lowest BCUT2D eigenvalue weighted by atomic mass is 9.89. The summed E-state index contributed by atoms with van der Waals surface area (Å²) in [7, 11) is -3.83. The molecule has 3 N–H and O–H groups in total. The molecule has 1 aliphatic rings. The molecule has 0 aromatic heterocycles. The van der Waals surface area contributed by atoms with Crippen molar-refractivity contribution in [2.24, 2.45) is 5.92 Å². The van der Waals surface area contributed by atoms with E-state index in [0.717, 1.165) is 32.1 Å². The molecule has 0 aliphatic heterocycles. The molecule has 1 atom stereocenters. The molecule has 1 aromatic carbocycles. The Morgan fingerprint density at radius 3 is 2.41 bits per heavy atom. The van der Waals surface area contributed by atoms with E-state index in [-0.39, 0.29) is 16.7 Å². The van der Waals surface area contributed by atoms with Gasteiger partial charge in [-0.25, -0.2) is 8.42 Å². The molecule has 0 spiro atoms. The van der Waals surface area contributed by atoms with Crippen LogP contribution >= 0.6 is 11.8 Å². The molecule has 1 fully saturated rings.